The zero-order valence-electron chi connectivity index (χ0n) is 9.29. The Labute approximate surface area is 116 Å². The first-order valence-corrected chi connectivity index (χ1v) is 6.21. The molecule has 98 valence electrons. The molecule has 0 aliphatic carbocycles. The standard InChI is InChI=1S/C11H7ClN2O4S/c12-10-7(14(17)18)5-9(19-10)11(16)13-6-3-1-2-4-8(6)15/h1-5,15H,(H,13,16). The van der Waals surface area contributed by atoms with E-state index >= 15 is 0 Å². The summed E-state index contributed by atoms with van der Waals surface area (Å²) in [6.07, 6.45) is 0. The fraction of sp³-hybridized carbons (Fsp3) is 0. The number of carbonyl (C=O) groups excluding carboxylic acids is 1. The molecule has 8 heteroatoms. The normalized spacial score (nSPS) is 10.2. The average Bonchev–Trinajstić information content (AvgIpc) is 2.74. The molecule has 0 saturated heterocycles. The Hall–Kier alpha value is -2.12. The van der Waals surface area contributed by atoms with Crippen LogP contribution in [0.25, 0.3) is 0 Å². The van der Waals surface area contributed by atoms with Gasteiger partial charge in [0, 0.05) is 6.07 Å². The SMILES string of the molecule is O=C(Nc1ccccc1O)c1cc([N+](=O)[O-])c(Cl)s1. The van der Waals surface area contributed by atoms with Gasteiger partial charge in [-0.15, -0.1) is 11.3 Å². The first kappa shape index (κ1) is 13.3. The number of phenols is 1. The summed E-state index contributed by atoms with van der Waals surface area (Å²) in [4.78, 5) is 21.9. The van der Waals surface area contributed by atoms with Crippen molar-refractivity contribution in [3.63, 3.8) is 0 Å². The minimum Gasteiger partial charge on any atom is -0.506 e. The molecule has 1 amide bonds. The second-order valence-electron chi connectivity index (χ2n) is 3.50. The quantitative estimate of drug-likeness (QED) is 0.517. The lowest BCUT2D eigenvalue weighted by Crippen LogP contribution is -2.10. The molecule has 0 radical (unpaired) electrons. The third-order valence-corrected chi connectivity index (χ3v) is 3.58. The number of benzene rings is 1. The summed E-state index contributed by atoms with van der Waals surface area (Å²) >= 11 is 6.47. The number of phenolic OH excluding ortho intramolecular Hbond substituents is 1. The highest BCUT2D eigenvalue weighted by Gasteiger charge is 2.21. The molecule has 6 nitrogen and oxygen atoms in total. The molecule has 0 spiro atoms. The van der Waals surface area contributed by atoms with E-state index in [1.54, 1.807) is 12.1 Å². The zero-order chi connectivity index (χ0) is 14.0. The maximum absolute atomic E-state index is 11.9. The summed E-state index contributed by atoms with van der Waals surface area (Å²) in [5.41, 5.74) is -0.0891. The Balaban J connectivity index is 2.24. The van der Waals surface area contributed by atoms with E-state index in [1.807, 2.05) is 0 Å². The molecular weight excluding hydrogens is 292 g/mol. The van der Waals surface area contributed by atoms with Crippen molar-refractivity contribution in [2.24, 2.45) is 0 Å². The van der Waals surface area contributed by atoms with Crippen LogP contribution in [0.2, 0.25) is 4.34 Å². The van der Waals surface area contributed by atoms with Crippen molar-refractivity contribution in [3.05, 3.63) is 49.7 Å². The summed E-state index contributed by atoms with van der Waals surface area (Å²) < 4.78 is -0.0626. The van der Waals surface area contributed by atoms with E-state index in [-0.39, 0.29) is 26.3 Å². The molecule has 0 bridgehead atoms. The smallest absolute Gasteiger partial charge is 0.299 e. The molecule has 0 saturated carbocycles. The molecule has 0 aliphatic rings. The van der Waals surface area contributed by atoms with Gasteiger partial charge in [0.15, 0.2) is 4.34 Å². The van der Waals surface area contributed by atoms with Crippen LogP contribution in [0.5, 0.6) is 5.75 Å². The van der Waals surface area contributed by atoms with Gasteiger partial charge in [0.05, 0.1) is 10.6 Å². The van der Waals surface area contributed by atoms with Crippen LogP contribution >= 0.6 is 22.9 Å². The van der Waals surface area contributed by atoms with E-state index in [0.29, 0.717) is 0 Å². The van der Waals surface area contributed by atoms with Gasteiger partial charge in [-0.1, -0.05) is 23.7 Å². The number of nitro groups is 1. The summed E-state index contributed by atoms with van der Waals surface area (Å²) in [6, 6.07) is 7.27. The number of halogens is 1. The van der Waals surface area contributed by atoms with E-state index in [1.165, 1.54) is 12.1 Å². The van der Waals surface area contributed by atoms with Crippen molar-refractivity contribution in [1.82, 2.24) is 0 Å². The van der Waals surface area contributed by atoms with Crippen molar-refractivity contribution < 1.29 is 14.8 Å². The summed E-state index contributed by atoms with van der Waals surface area (Å²) in [5, 5.41) is 22.6. The van der Waals surface area contributed by atoms with Gasteiger partial charge in [-0.05, 0) is 12.1 Å². The minimum absolute atomic E-state index is 0.0626. The van der Waals surface area contributed by atoms with Crippen molar-refractivity contribution in [2.45, 2.75) is 0 Å². The zero-order valence-corrected chi connectivity index (χ0v) is 10.9. The molecule has 0 atom stereocenters. The summed E-state index contributed by atoms with van der Waals surface area (Å²) in [5.74, 6) is -0.658. The van der Waals surface area contributed by atoms with Crippen LogP contribution < -0.4 is 5.32 Å². The maximum Gasteiger partial charge on any atom is 0.299 e. The number of nitrogens with zero attached hydrogens (tertiary/aromatic N) is 1. The number of thiophene rings is 1. The second-order valence-corrected chi connectivity index (χ2v) is 5.15. The lowest BCUT2D eigenvalue weighted by Gasteiger charge is -2.04. The molecule has 2 aromatic rings. The summed E-state index contributed by atoms with van der Waals surface area (Å²) in [7, 11) is 0. The van der Waals surface area contributed by atoms with Crippen LogP contribution in [-0.4, -0.2) is 15.9 Å². The highest BCUT2D eigenvalue weighted by Crippen LogP contribution is 2.34. The van der Waals surface area contributed by atoms with Gasteiger partial charge in [-0.3, -0.25) is 14.9 Å². The fourth-order valence-electron chi connectivity index (χ4n) is 1.36. The molecule has 2 rings (SSSR count). The topological polar surface area (TPSA) is 92.5 Å². The van der Waals surface area contributed by atoms with Gasteiger partial charge >= 0.3 is 0 Å². The number of rotatable bonds is 3. The first-order valence-electron chi connectivity index (χ1n) is 5.02. The first-order chi connectivity index (χ1) is 8.99. The van der Waals surface area contributed by atoms with Crippen molar-refractivity contribution >= 4 is 40.2 Å². The van der Waals surface area contributed by atoms with Crippen LogP contribution in [0.3, 0.4) is 0 Å². The Morgan fingerprint density at radius 2 is 2.11 bits per heavy atom. The van der Waals surface area contributed by atoms with E-state index in [0.717, 1.165) is 17.4 Å². The number of nitrogens with one attached hydrogen (secondary N) is 1. The number of carbonyl (C=O) groups is 1. The van der Waals surface area contributed by atoms with E-state index in [2.05, 4.69) is 5.32 Å². The highest BCUT2D eigenvalue weighted by atomic mass is 35.5. The number of aromatic hydroxyl groups is 1. The Morgan fingerprint density at radius 3 is 2.68 bits per heavy atom. The van der Waals surface area contributed by atoms with Crippen LogP contribution in [0, 0.1) is 10.1 Å². The molecule has 1 aromatic heterocycles. The molecule has 1 heterocycles. The van der Waals surface area contributed by atoms with E-state index < -0.39 is 10.8 Å². The lowest BCUT2D eigenvalue weighted by molar-refractivity contribution is -0.384. The number of hydrogen-bond acceptors (Lipinski definition) is 5. The van der Waals surface area contributed by atoms with Crippen LogP contribution in [0.1, 0.15) is 9.67 Å². The molecule has 0 fully saturated rings. The van der Waals surface area contributed by atoms with Gasteiger partial charge in [0.1, 0.15) is 10.6 Å². The Morgan fingerprint density at radius 1 is 1.42 bits per heavy atom. The van der Waals surface area contributed by atoms with Crippen LogP contribution in [0.15, 0.2) is 30.3 Å². The molecule has 0 aliphatic heterocycles. The van der Waals surface area contributed by atoms with Gasteiger partial charge in [0.2, 0.25) is 0 Å². The number of para-hydroxylation sites is 2. The van der Waals surface area contributed by atoms with Gasteiger partial charge in [0.25, 0.3) is 11.6 Å². The van der Waals surface area contributed by atoms with Crippen molar-refractivity contribution in [2.75, 3.05) is 5.32 Å². The largest absolute Gasteiger partial charge is 0.506 e. The Kier molecular flexibility index (Phi) is 3.68. The molecule has 1 aromatic carbocycles. The fourth-order valence-corrected chi connectivity index (χ4v) is 2.48. The third kappa shape index (κ3) is 2.83. The number of hydrogen-bond donors (Lipinski definition) is 2. The third-order valence-electron chi connectivity index (χ3n) is 2.24. The lowest BCUT2D eigenvalue weighted by atomic mass is 10.3. The second kappa shape index (κ2) is 5.25. The van der Waals surface area contributed by atoms with Crippen molar-refractivity contribution in [1.29, 1.82) is 0 Å². The van der Waals surface area contributed by atoms with Gasteiger partial charge in [-0.2, -0.15) is 0 Å². The maximum atomic E-state index is 11.9. The van der Waals surface area contributed by atoms with Crippen LogP contribution in [-0.2, 0) is 0 Å². The van der Waals surface area contributed by atoms with Gasteiger partial charge in [-0.25, -0.2) is 0 Å². The number of anilines is 1. The molecule has 0 unspecified atom stereocenters. The summed E-state index contributed by atoms with van der Waals surface area (Å²) in [6.45, 7) is 0. The van der Waals surface area contributed by atoms with E-state index in [9.17, 15) is 20.0 Å². The molecular formula is C11H7ClN2O4S. The van der Waals surface area contributed by atoms with E-state index in [4.69, 9.17) is 11.6 Å². The molecule has 2 N–H and O–H groups in total. The predicted molar refractivity (Wildman–Crippen MR) is 72.0 cm³/mol. The average molecular weight is 299 g/mol. The molecule has 19 heavy (non-hydrogen) atoms. The highest BCUT2D eigenvalue weighted by molar-refractivity contribution is 7.18. The van der Waals surface area contributed by atoms with Crippen molar-refractivity contribution in [3.8, 4) is 5.75 Å². The van der Waals surface area contributed by atoms with Crippen LogP contribution in [0.4, 0.5) is 11.4 Å². The number of amides is 1. The predicted octanol–water partition coefficient (Wildman–Crippen LogP) is 3.27. The monoisotopic (exact) mass is 298 g/mol. The Bertz CT molecular complexity index is 656. The minimum atomic E-state index is -0.657. The van der Waals surface area contributed by atoms with Gasteiger partial charge < -0.3 is 10.4 Å².